The van der Waals surface area contributed by atoms with Crippen molar-refractivity contribution in [2.45, 2.75) is 20.3 Å². The number of nitrogens with zero attached hydrogens (tertiary/aromatic N) is 1. The first kappa shape index (κ1) is 12.2. The van der Waals surface area contributed by atoms with E-state index < -0.39 is 0 Å². The highest BCUT2D eigenvalue weighted by atomic mass is 16.5. The Hall–Kier alpha value is -1.22. The fourth-order valence-corrected chi connectivity index (χ4v) is 2.21. The van der Waals surface area contributed by atoms with Gasteiger partial charge in [-0.15, -0.1) is 0 Å². The van der Waals surface area contributed by atoms with Crippen LogP contribution in [0.25, 0.3) is 0 Å². The first-order valence-corrected chi connectivity index (χ1v) is 6.19. The third kappa shape index (κ3) is 2.72. The number of hydrogen-bond donors (Lipinski definition) is 1. The van der Waals surface area contributed by atoms with Crippen molar-refractivity contribution >= 4 is 5.69 Å². The number of fused-ring (bicyclic) bond motifs is 1. The Balaban J connectivity index is 2.12. The largest absolute Gasteiger partial charge is 0.493 e. The number of nitrogens with two attached hydrogens (primary N) is 1. The van der Waals surface area contributed by atoms with Crippen LogP contribution in [0.15, 0.2) is 18.2 Å². The number of ether oxygens (including phenoxy) is 1. The molecule has 1 aromatic carbocycles. The van der Waals surface area contributed by atoms with Gasteiger partial charge in [0.05, 0.1) is 6.61 Å². The number of rotatable bonds is 4. The summed E-state index contributed by atoms with van der Waals surface area (Å²) in [6.07, 6.45) is 1.03. The van der Waals surface area contributed by atoms with Crippen molar-refractivity contribution < 1.29 is 4.74 Å². The van der Waals surface area contributed by atoms with Gasteiger partial charge < -0.3 is 15.4 Å². The summed E-state index contributed by atoms with van der Waals surface area (Å²) in [6, 6.07) is 6.43. The second-order valence-electron chi connectivity index (χ2n) is 5.61. The third-order valence-electron chi connectivity index (χ3n) is 3.33. The predicted octanol–water partition coefficient (Wildman–Crippen LogP) is 2.04. The van der Waals surface area contributed by atoms with Crippen LogP contribution >= 0.6 is 0 Å². The molecule has 0 spiro atoms. The summed E-state index contributed by atoms with van der Waals surface area (Å²) in [4.78, 5) is 2.27. The summed E-state index contributed by atoms with van der Waals surface area (Å²) in [5.74, 6) is 1.04. The zero-order chi connectivity index (χ0) is 12.5. The molecule has 1 heterocycles. The molecule has 0 amide bonds. The molecule has 17 heavy (non-hydrogen) atoms. The Morgan fingerprint density at radius 3 is 2.88 bits per heavy atom. The topological polar surface area (TPSA) is 38.5 Å². The van der Waals surface area contributed by atoms with Crippen molar-refractivity contribution in [3.8, 4) is 5.75 Å². The van der Waals surface area contributed by atoms with Crippen LogP contribution in [-0.4, -0.2) is 26.7 Å². The highest BCUT2D eigenvalue weighted by molar-refractivity contribution is 5.54. The molecular weight excluding hydrogens is 212 g/mol. The Kier molecular flexibility index (Phi) is 3.29. The second kappa shape index (κ2) is 4.57. The molecule has 0 fully saturated rings. The van der Waals surface area contributed by atoms with Gasteiger partial charge in [0, 0.05) is 25.7 Å². The predicted molar refractivity (Wildman–Crippen MR) is 71.7 cm³/mol. The van der Waals surface area contributed by atoms with Gasteiger partial charge in [-0.1, -0.05) is 13.8 Å². The molecule has 0 aliphatic carbocycles. The van der Waals surface area contributed by atoms with E-state index in [9.17, 15) is 0 Å². The normalized spacial score (nSPS) is 14.4. The average molecular weight is 234 g/mol. The second-order valence-corrected chi connectivity index (χ2v) is 5.61. The van der Waals surface area contributed by atoms with Gasteiger partial charge >= 0.3 is 0 Å². The Labute approximate surface area is 104 Å². The summed E-state index contributed by atoms with van der Waals surface area (Å²) in [7, 11) is 2.12. The minimum atomic E-state index is 0.143. The van der Waals surface area contributed by atoms with Gasteiger partial charge in [0.25, 0.3) is 0 Å². The van der Waals surface area contributed by atoms with Crippen molar-refractivity contribution in [1.29, 1.82) is 0 Å². The van der Waals surface area contributed by atoms with Crippen molar-refractivity contribution in [2.75, 3.05) is 31.6 Å². The molecule has 0 radical (unpaired) electrons. The monoisotopic (exact) mass is 234 g/mol. The van der Waals surface area contributed by atoms with Crippen molar-refractivity contribution in [2.24, 2.45) is 11.1 Å². The third-order valence-corrected chi connectivity index (χ3v) is 3.33. The highest BCUT2D eigenvalue weighted by Crippen LogP contribution is 2.30. The summed E-state index contributed by atoms with van der Waals surface area (Å²) in [5.41, 5.74) is 8.48. The lowest BCUT2D eigenvalue weighted by molar-refractivity contribution is 0.357. The summed E-state index contributed by atoms with van der Waals surface area (Å²) >= 11 is 0. The lowest BCUT2D eigenvalue weighted by atomic mass is 9.93. The van der Waals surface area contributed by atoms with Gasteiger partial charge in [0.15, 0.2) is 0 Å². The van der Waals surface area contributed by atoms with E-state index in [4.69, 9.17) is 10.5 Å². The van der Waals surface area contributed by atoms with Gasteiger partial charge in [-0.2, -0.15) is 0 Å². The van der Waals surface area contributed by atoms with Gasteiger partial charge in [-0.3, -0.25) is 0 Å². The molecule has 94 valence electrons. The fourth-order valence-electron chi connectivity index (χ4n) is 2.21. The lowest BCUT2D eigenvalue weighted by Gasteiger charge is -2.30. The van der Waals surface area contributed by atoms with Crippen molar-refractivity contribution in [3.05, 3.63) is 23.8 Å². The van der Waals surface area contributed by atoms with Crippen LogP contribution in [0.5, 0.6) is 5.75 Å². The number of hydrogen-bond acceptors (Lipinski definition) is 3. The Morgan fingerprint density at radius 2 is 2.18 bits per heavy atom. The molecule has 1 aromatic rings. The Morgan fingerprint density at radius 1 is 1.41 bits per heavy atom. The van der Waals surface area contributed by atoms with E-state index in [1.54, 1.807) is 0 Å². The molecular formula is C14H22N2O. The highest BCUT2D eigenvalue weighted by Gasteiger charge is 2.19. The van der Waals surface area contributed by atoms with E-state index in [0.29, 0.717) is 6.54 Å². The molecule has 0 bridgehead atoms. The van der Waals surface area contributed by atoms with Crippen LogP contribution in [0.2, 0.25) is 0 Å². The summed E-state index contributed by atoms with van der Waals surface area (Å²) in [5, 5.41) is 0. The molecule has 0 saturated carbocycles. The maximum absolute atomic E-state index is 5.78. The quantitative estimate of drug-likeness (QED) is 0.866. The number of anilines is 1. The van der Waals surface area contributed by atoms with Crippen molar-refractivity contribution in [3.63, 3.8) is 0 Å². The fraction of sp³-hybridized carbons (Fsp3) is 0.571. The van der Waals surface area contributed by atoms with Gasteiger partial charge in [0.2, 0.25) is 0 Å². The lowest BCUT2D eigenvalue weighted by Crippen LogP contribution is -2.36. The number of benzene rings is 1. The zero-order valence-electron chi connectivity index (χ0n) is 11.0. The van der Waals surface area contributed by atoms with Crippen LogP contribution in [0, 0.1) is 5.41 Å². The molecule has 3 nitrogen and oxygen atoms in total. The van der Waals surface area contributed by atoms with E-state index >= 15 is 0 Å². The van der Waals surface area contributed by atoms with Crippen LogP contribution in [0.1, 0.15) is 19.4 Å². The van der Waals surface area contributed by atoms with Crippen molar-refractivity contribution in [1.82, 2.24) is 0 Å². The first-order valence-electron chi connectivity index (χ1n) is 6.19. The molecule has 0 aromatic heterocycles. The van der Waals surface area contributed by atoms with Gasteiger partial charge in [-0.25, -0.2) is 0 Å². The van der Waals surface area contributed by atoms with Crippen LogP contribution < -0.4 is 15.4 Å². The minimum absolute atomic E-state index is 0.143. The average Bonchev–Trinajstić information content (AvgIpc) is 2.75. The SMILES string of the molecule is CN(CC(C)(C)CN)c1ccc2c(c1)CCO2. The van der Waals surface area contributed by atoms with Gasteiger partial charge in [-0.05, 0) is 35.7 Å². The molecule has 1 aliphatic rings. The van der Waals surface area contributed by atoms with Gasteiger partial charge in [0.1, 0.15) is 5.75 Å². The molecule has 0 saturated heterocycles. The minimum Gasteiger partial charge on any atom is -0.493 e. The Bertz CT molecular complexity index is 401. The van der Waals surface area contributed by atoms with Crippen LogP contribution in [-0.2, 0) is 6.42 Å². The van der Waals surface area contributed by atoms with Crippen LogP contribution in [0.4, 0.5) is 5.69 Å². The summed E-state index contributed by atoms with van der Waals surface area (Å²) < 4.78 is 5.52. The van der Waals surface area contributed by atoms with E-state index in [1.807, 2.05) is 0 Å². The molecule has 0 unspecified atom stereocenters. The smallest absolute Gasteiger partial charge is 0.122 e. The molecule has 2 rings (SSSR count). The van der Waals surface area contributed by atoms with Crippen LogP contribution in [0.3, 0.4) is 0 Å². The van der Waals surface area contributed by atoms with E-state index in [1.165, 1.54) is 11.3 Å². The zero-order valence-corrected chi connectivity index (χ0v) is 11.0. The van der Waals surface area contributed by atoms with E-state index in [0.717, 1.165) is 25.3 Å². The summed E-state index contributed by atoms with van der Waals surface area (Å²) in [6.45, 7) is 6.87. The first-order chi connectivity index (χ1) is 8.02. The molecule has 1 aliphatic heterocycles. The molecule has 3 heteroatoms. The van der Waals surface area contributed by atoms with E-state index in [-0.39, 0.29) is 5.41 Å². The van der Waals surface area contributed by atoms with E-state index in [2.05, 4.69) is 44.0 Å². The maximum atomic E-state index is 5.78. The standard InChI is InChI=1S/C14H22N2O/c1-14(2,9-15)10-16(3)12-4-5-13-11(8-12)6-7-17-13/h4-5,8H,6-7,9-10,15H2,1-3H3. The maximum Gasteiger partial charge on any atom is 0.122 e. The molecule has 0 atom stereocenters. The molecule has 2 N–H and O–H groups in total.